The summed E-state index contributed by atoms with van der Waals surface area (Å²) in [5, 5.41) is 3.06. The molecule has 4 heteroatoms. The Bertz CT molecular complexity index is 396. The lowest BCUT2D eigenvalue weighted by molar-refractivity contribution is -0.126. The number of likely N-dealkylation sites (tertiary alicyclic amines) is 1. The number of benzene rings is 1. The fourth-order valence-electron chi connectivity index (χ4n) is 2.38. The number of amides is 1. The minimum absolute atomic E-state index is 0.181. The molecule has 0 spiro atoms. The summed E-state index contributed by atoms with van der Waals surface area (Å²) in [5.41, 5.74) is 0. The van der Waals surface area contributed by atoms with E-state index in [0.717, 1.165) is 38.2 Å². The first-order chi connectivity index (χ1) is 9.25. The predicted octanol–water partition coefficient (Wildman–Crippen LogP) is 2.24. The molecule has 1 aliphatic heterocycles. The number of carbonyl (C=O) groups excluding carboxylic acids is 1. The lowest BCUT2D eigenvalue weighted by Gasteiger charge is -2.28. The van der Waals surface area contributed by atoms with Crippen LogP contribution in [-0.2, 0) is 4.79 Å². The van der Waals surface area contributed by atoms with Crippen LogP contribution < -0.4 is 5.32 Å². The Kier molecular flexibility index (Phi) is 5.73. The van der Waals surface area contributed by atoms with E-state index >= 15 is 0 Å². The quantitative estimate of drug-likeness (QED) is 0.662. The third-order valence-corrected chi connectivity index (χ3v) is 4.42. The van der Waals surface area contributed by atoms with Gasteiger partial charge < -0.3 is 10.2 Å². The van der Waals surface area contributed by atoms with Crippen molar-refractivity contribution in [3.63, 3.8) is 0 Å². The first-order valence-electron chi connectivity index (χ1n) is 6.90. The molecule has 0 unspecified atom stereocenters. The van der Waals surface area contributed by atoms with Crippen molar-refractivity contribution in [1.82, 2.24) is 10.2 Å². The van der Waals surface area contributed by atoms with Gasteiger partial charge in [0.2, 0.25) is 5.91 Å². The summed E-state index contributed by atoms with van der Waals surface area (Å²) in [5.74, 6) is 1.33. The van der Waals surface area contributed by atoms with Gasteiger partial charge in [-0.25, -0.2) is 0 Å². The number of thioether (sulfide) groups is 1. The Hall–Kier alpha value is -1.00. The largest absolute Gasteiger partial charge is 0.355 e. The minimum atomic E-state index is 0.181. The molecule has 0 bridgehead atoms. The zero-order valence-corrected chi connectivity index (χ0v) is 12.3. The number of hydrogen-bond acceptors (Lipinski definition) is 3. The van der Waals surface area contributed by atoms with Gasteiger partial charge in [-0.15, -0.1) is 11.8 Å². The maximum absolute atomic E-state index is 12.0. The molecule has 1 aromatic carbocycles. The highest BCUT2D eigenvalue weighted by molar-refractivity contribution is 7.99. The molecule has 1 atom stereocenters. The van der Waals surface area contributed by atoms with Crippen molar-refractivity contribution in [2.75, 3.05) is 32.4 Å². The van der Waals surface area contributed by atoms with E-state index in [2.05, 4.69) is 29.4 Å². The summed E-state index contributed by atoms with van der Waals surface area (Å²) >= 11 is 1.78. The topological polar surface area (TPSA) is 32.3 Å². The third-order valence-electron chi connectivity index (χ3n) is 3.41. The van der Waals surface area contributed by atoms with Gasteiger partial charge in [0.1, 0.15) is 0 Å². The molecule has 1 aromatic rings. The van der Waals surface area contributed by atoms with Crippen LogP contribution in [0.15, 0.2) is 35.2 Å². The second-order valence-corrected chi connectivity index (χ2v) is 6.22. The van der Waals surface area contributed by atoms with Gasteiger partial charge in [-0.05, 0) is 38.6 Å². The van der Waals surface area contributed by atoms with Crippen LogP contribution in [0.4, 0.5) is 0 Å². The Morgan fingerprint density at radius 3 is 2.95 bits per heavy atom. The van der Waals surface area contributed by atoms with E-state index in [-0.39, 0.29) is 11.8 Å². The lowest BCUT2D eigenvalue weighted by Crippen LogP contribution is -2.41. The molecule has 1 heterocycles. The van der Waals surface area contributed by atoms with Crippen LogP contribution in [0.1, 0.15) is 12.8 Å². The van der Waals surface area contributed by atoms with Crippen molar-refractivity contribution in [3.8, 4) is 0 Å². The van der Waals surface area contributed by atoms with Crippen LogP contribution in [0.3, 0.4) is 0 Å². The molecule has 2 rings (SSSR count). The number of rotatable bonds is 5. The Morgan fingerprint density at radius 1 is 1.42 bits per heavy atom. The van der Waals surface area contributed by atoms with E-state index in [1.54, 1.807) is 11.8 Å². The van der Waals surface area contributed by atoms with Gasteiger partial charge in [-0.3, -0.25) is 4.79 Å². The molecule has 1 N–H and O–H groups in total. The van der Waals surface area contributed by atoms with Crippen LogP contribution >= 0.6 is 11.8 Å². The standard InChI is InChI=1S/C15H22N2OS/c1-17-10-5-6-13(12-17)15(18)16-9-11-19-14-7-3-2-4-8-14/h2-4,7-8,13H,5-6,9-12H2,1H3,(H,16,18)/t13-/m0/s1. The first kappa shape index (κ1) is 14.4. The molecule has 0 aromatic heterocycles. The molecule has 0 radical (unpaired) electrons. The molecule has 19 heavy (non-hydrogen) atoms. The maximum Gasteiger partial charge on any atom is 0.224 e. The molecule has 1 saturated heterocycles. The highest BCUT2D eigenvalue weighted by Crippen LogP contribution is 2.17. The van der Waals surface area contributed by atoms with Gasteiger partial charge in [0.05, 0.1) is 5.92 Å². The van der Waals surface area contributed by atoms with E-state index in [4.69, 9.17) is 0 Å². The molecule has 3 nitrogen and oxygen atoms in total. The molecule has 0 aliphatic carbocycles. The monoisotopic (exact) mass is 278 g/mol. The average Bonchev–Trinajstić information content (AvgIpc) is 2.44. The smallest absolute Gasteiger partial charge is 0.224 e. The Labute approximate surface area is 119 Å². The van der Waals surface area contributed by atoms with Gasteiger partial charge in [0.15, 0.2) is 0 Å². The van der Waals surface area contributed by atoms with Gasteiger partial charge in [0.25, 0.3) is 0 Å². The van der Waals surface area contributed by atoms with Crippen LogP contribution in [0.25, 0.3) is 0 Å². The van der Waals surface area contributed by atoms with Crippen molar-refractivity contribution >= 4 is 17.7 Å². The summed E-state index contributed by atoms with van der Waals surface area (Å²) in [7, 11) is 2.09. The van der Waals surface area contributed by atoms with Crippen LogP contribution in [0, 0.1) is 5.92 Å². The number of piperidine rings is 1. The summed E-state index contributed by atoms with van der Waals surface area (Å²) in [6, 6.07) is 10.3. The molecule has 1 fully saturated rings. The number of hydrogen-bond donors (Lipinski definition) is 1. The van der Waals surface area contributed by atoms with Crippen molar-refractivity contribution < 1.29 is 4.79 Å². The van der Waals surface area contributed by atoms with Gasteiger partial charge in [-0.2, -0.15) is 0 Å². The van der Waals surface area contributed by atoms with Crippen molar-refractivity contribution in [3.05, 3.63) is 30.3 Å². The van der Waals surface area contributed by atoms with Crippen LogP contribution in [0.5, 0.6) is 0 Å². The van der Waals surface area contributed by atoms with E-state index in [1.165, 1.54) is 4.90 Å². The van der Waals surface area contributed by atoms with Crippen molar-refractivity contribution in [1.29, 1.82) is 0 Å². The fraction of sp³-hybridized carbons (Fsp3) is 0.533. The molecule has 0 saturated carbocycles. The number of nitrogens with zero attached hydrogens (tertiary/aromatic N) is 1. The van der Waals surface area contributed by atoms with E-state index in [0.29, 0.717) is 0 Å². The summed E-state index contributed by atoms with van der Waals surface area (Å²) < 4.78 is 0. The Balaban J connectivity index is 1.64. The lowest BCUT2D eigenvalue weighted by atomic mass is 9.98. The predicted molar refractivity (Wildman–Crippen MR) is 80.4 cm³/mol. The highest BCUT2D eigenvalue weighted by Gasteiger charge is 2.23. The zero-order valence-electron chi connectivity index (χ0n) is 11.5. The van der Waals surface area contributed by atoms with E-state index in [9.17, 15) is 4.79 Å². The van der Waals surface area contributed by atoms with Gasteiger partial charge in [0, 0.05) is 23.7 Å². The third kappa shape index (κ3) is 4.88. The summed E-state index contributed by atoms with van der Waals surface area (Å²) in [6.07, 6.45) is 2.16. The molecule has 1 amide bonds. The van der Waals surface area contributed by atoms with Gasteiger partial charge >= 0.3 is 0 Å². The highest BCUT2D eigenvalue weighted by atomic mass is 32.2. The molecular weight excluding hydrogens is 256 g/mol. The minimum Gasteiger partial charge on any atom is -0.355 e. The first-order valence-corrected chi connectivity index (χ1v) is 7.88. The normalized spacial score (nSPS) is 20.2. The van der Waals surface area contributed by atoms with Gasteiger partial charge in [-0.1, -0.05) is 18.2 Å². The molecule has 1 aliphatic rings. The van der Waals surface area contributed by atoms with E-state index in [1.807, 2.05) is 18.2 Å². The Morgan fingerprint density at radius 2 is 2.21 bits per heavy atom. The van der Waals surface area contributed by atoms with Crippen molar-refractivity contribution in [2.45, 2.75) is 17.7 Å². The SMILES string of the molecule is CN1CCC[C@H](C(=O)NCCSc2ccccc2)C1. The summed E-state index contributed by atoms with van der Waals surface area (Å²) in [4.78, 5) is 15.5. The average molecular weight is 278 g/mol. The number of carbonyl (C=O) groups is 1. The van der Waals surface area contributed by atoms with Crippen LogP contribution in [0.2, 0.25) is 0 Å². The maximum atomic E-state index is 12.0. The fourth-order valence-corrected chi connectivity index (χ4v) is 3.17. The van der Waals surface area contributed by atoms with E-state index < -0.39 is 0 Å². The zero-order chi connectivity index (χ0) is 13.5. The second-order valence-electron chi connectivity index (χ2n) is 5.05. The number of nitrogens with one attached hydrogen (secondary N) is 1. The van der Waals surface area contributed by atoms with Crippen molar-refractivity contribution in [2.24, 2.45) is 5.92 Å². The second kappa shape index (κ2) is 7.56. The molecular formula is C15H22N2OS. The van der Waals surface area contributed by atoms with Crippen LogP contribution in [-0.4, -0.2) is 43.2 Å². The molecule has 104 valence electrons. The summed E-state index contributed by atoms with van der Waals surface area (Å²) in [6.45, 7) is 2.77.